The predicted molar refractivity (Wildman–Crippen MR) is 191 cm³/mol. The number of benzene rings is 4. The van der Waals surface area contributed by atoms with Crippen LogP contribution in [-0.4, -0.2) is 59.5 Å². The molecule has 1 aromatic heterocycles. The first-order chi connectivity index (χ1) is 24.5. The average molecular weight is 677 g/mol. The van der Waals surface area contributed by atoms with E-state index in [0.717, 1.165) is 58.2 Å². The van der Waals surface area contributed by atoms with Crippen molar-refractivity contribution < 1.29 is 34.3 Å². The third kappa shape index (κ3) is 6.25. The number of aromatic nitrogens is 1. The second-order valence-corrected chi connectivity index (χ2v) is 13.8. The first-order valence-electron chi connectivity index (χ1n) is 17.7. The molecule has 3 aliphatic rings. The van der Waals surface area contributed by atoms with Crippen molar-refractivity contribution in [1.29, 1.82) is 0 Å². The minimum Gasteiger partial charge on any atom is -0.508 e. The summed E-state index contributed by atoms with van der Waals surface area (Å²) in [5.41, 5.74) is 8.43. The smallest absolute Gasteiger partial charge is 0.160 e. The number of aromatic amines is 1. The van der Waals surface area contributed by atoms with E-state index in [-0.39, 0.29) is 36.7 Å². The SMILES string of the molecule is COc1cc(C2Oc3cc(OCCO)c4c(c3CC2OCNC2CCCC2)CC(Cc2ccc3[nH]ccc3c2)c2cc(O)ccc2-4)ccc1O. The van der Waals surface area contributed by atoms with Gasteiger partial charge in [-0.25, -0.2) is 0 Å². The number of fused-ring (bicyclic) bond motifs is 6. The van der Waals surface area contributed by atoms with Crippen molar-refractivity contribution in [3.8, 4) is 39.9 Å². The highest BCUT2D eigenvalue weighted by Gasteiger charge is 2.39. The molecule has 3 unspecified atom stereocenters. The molecule has 0 radical (unpaired) electrons. The van der Waals surface area contributed by atoms with Crippen LogP contribution >= 0.6 is 0 Å². The first kappa shape index (κ1) is 32.5. The van der Waals surface area contributed by atoms with E-state index in [2.05, 4.69) is 34.6 Å². The molecule has 0 bridgehead atoms. The number of hydrogen-bond donors (Lipinski definition) is 5. The van der Waals surface area contributed by atoms with Crippen LogP contribution in [0.5, 0.6) is 28.7 Å². The highest BCUT2D eigenvalue weighted by molar-refractivity contribution is 5.83. The van der Waals surface area contributed by atoms with Crippen LogP contribution in [0.4, 0.5) is 0 Å². The third-order valence-electron chi connectivity index (χ3n) is 10.7. The zero-order valence-electron chi connectivity index (χ0n) is 28.3. The summed E-state index contributed by atoms with van der Waals surface area (Å²) in [6.07, 6.45) is 8.05. The molecule has 50 heavy (non-hydrogen) atoms. The summed E-state index contributed by atoms with van der Waals surface area (Å²) in [6, 6.07) is 21.9. The molecule has 5 aromatic rings. The van der Waals surface area contributed by atoms with Crippen LogP contribution in [-0.2, 0) is 24.0 Å². The van der Waals surface area contributed by atoms with Gasteiger partial charge in [0.15, 0.2) is 17.6 Å². The standard InChI is InChI=1S/C41H44N2O7/c1-47-37-19-26(7-11-35(37)46)41-39(49-23-43-28-4-2-3-5-28)21-32-33-18-27(17-24-6-10-34-25(16-24)12-13-42-34)31-20-29(45)8-9-30(31)40(33)38(48-15-14-44)22-36(32)50-41/h6-13,16,19-20,22,27-28,39,41-46H,2-5,14-15,17-18,21,23H2,1H3. The Morgan fingerprint density at radius 1 is 0.920 bits per heavy atom. The number of methoxy groups -OCH3 is 1. The molecule has 260 valence electrons. The number of phenolic OH excluding ortho intramolecular Hbond substituents is 2. The fourth-order valence-corrected chi connectivity index (χ4v) is 8.24. The first-order valence-corrected chi connectivity index (χ1v) is 17.7. The van der Waals surface area contributed by atoms with Gasteiger partial charge in [0.2, 0.25) is 0 Å². The van der Waals surface area contributed by atoms with Gasteiger partial charge in [-0.1, -0.05) is 31.0 Å². The van der Waals surface area contributed by atoms with Crippen molar-refractivity contribution in [1.82, 2.24) is 10.3 Å². The number of aliphatic hydroxyl groups is 1. The highest BCUT2D eigenvalue weighted by Crippen LogP contribution is 2.52. The monoisotopic (exact) mass is 676 g/mol. The summed E-state index contributed by atoms with van der Waals surface area (Å²) >= 11 is 0. The Balaban J connectivity index is 1.21. The molecule has 2 aliphatic carbocycles. The van der Waals surface area contributed by atoms with Crippen LogP contribution < -0.4 is 19.5 Å². The van der Waals surface area contributed by atoms with Crippen molar-refractivity contribution in [2.24, 2.45) is 0 Å². The van der Waals surface area contributed by atoms with E-state index in [1.807, 2.05) is 36.5 Å². The Labute approximate surface area is 291 Å². The van der Waals surface area contributed by atoms with E-state index in [0.29, 0.717) is 42.9 Å². The minimum atomic E-state index is -0.470. The minimum absolute atomic E-state index is 0.0630. The highest BCUT2D eigenvalue weighted by atomic mass is 16.6. The number of H-pyrrole nitrogens is 1. The van der Waals surface area contributed by atoms with E-state index in [9.17, 15) is 15.3 Å². The number of ether oxygens (including phenoxy) is 4. The molecule has 0 spiro atoms. The Kier molecular flexibility index (Phi) is 9.04. The van der Waals surface area contributed by atoms with E-state index in [1.165, 1.54) is 30.9 Å². The normalized spacial score (nSPS) is 19.8. The lowest BCUT2D eigenvalue weighted by Gasteiger charge is -2.38. The topological polar surface area (TPSA) is 125 Å². The average Bonchev–Trinajstić information content (AvgIpc) is 3.83. The zero-order chi connectivity index (χ0) is 34.2. The van der Waals surface area contributed by atoms with E-state index < -0.39 is 6.10 Å². The van der Waals surface area contributed by atoms with Crippen LogP contribution in [0, 0.1) is 0 Å². The second kappa shape index (κ2) is 13.9. The lowest BCUT2D eigenvalue weighted by Crippen LogP contribution is -2.38. The number of rotatable bonds is 11. The Morgan fingerprint density at radius 2 is 1.80 bits per heavy atom. The molecule has 1 aliphatic heterocycles. The molecule has 1 saturated carbocycles. The van der Waals surface area contributed by atoms with Crippen LogP contribution in [0.1, 0.15) is 65.5 Å². The van der Waals surface area contributed by atoms with Crippen LogP contribution in [0.3, 0.4) is 0 Å². The molecule has 4 aromatic carbocycles. The van der Waals surface area contributed by atoms with Crippen molar-refractivity contribution >= 4 is 10.9 Å². The lowest BCUT2D eigenvalue weighted by molar-refractivity contribution is -0.0469. The van der Waals surface area contributed by atoms with Gasteiger partial charge in [0.1, 0.15) is 30.0 Å². The van der Waals surface area contributed by atoms with Gasteiger partial charge >= 0.3 is 0 Å². The lowest BCUT2D eigenvalue weighted by atomic mass is 9.73. The summed E-state index contributed by atoms with van der Waals surface area (Å²) in [7, 11) is 1.54. The van der Waals surface area contributed by atoms with Gasteiger partial charge in [0.05, 0.1) is 20.4 Å². The molecule has 9 heteroatoms. The maximum absolute atomic E-state index is 10.7. The van der Waals surface area contributed by atoms with Crippen molar-refractivity contribution in [2.45, 2.75) is 69.1 Å². The summed E-state index contributed by atoms with van der Waals surface area (Å²) in [5.74, 6) is 2.10. The Hall–Kier alpha value is -4.70. The van der Waals surface area contributed by atoms with Gasteiger partial charge in [-0.15, -0.1) is 0 Å². The largest absolute Gasteiger partial charge is 0.508 e. The molecule has 3 atom stereocenters. The quantitative estimate of drug-likeness (QED) is 0.0943. The summed E-state index contributed by atoms with van der Waals surface area (Å²) in [6.45, 7) is 0.418. The molecule has 0 saturated heterocycles. The Bertz CT molecular complexity index is 2000. The molecule has 0 amide bonds. The van der Waals surface area contributed by atoms with Crippen LogP contribution in [0.2, 0.25) is 0 Å². The van der Waals surface area contributed by atoms with Gasteiger partial charge in [-0.2, -0.15) is 0 Å². The van der Waals surface area contributed by atoms with Crippen LogP contribution in [0.25, 0.3) is 22.0 Å². The molecule has 5 N–H and O–H groups in total. The number of hydrogen-bond acceptors (Lipinski definition) is 8. The summed E-state index contributed by atoms with van der Waals surface area (Å²) in [5, 5.41) is 35.6. The van der Waals surface area contributed by atoms with Crippen molar-refractivity contribution in [3.05, 3.63) is 101 Å². The second-order valence-electron chi connectivity index (χ2n) is 13.8. The zero-order valence-corrected chi connectivity index (χ0v) is 28.3. The van der Waals surface area contributed by atoms with E-state index in [1.54, 1.807) is 12.1 Å². The number of aromatic hydroxyl groups is 2. The molecule has 2 heterocycles. The van der Waals surface area contributed by atoms with Crippen molar-refractivity contribution in [3.63, 3.8) is 0 Å². The van der Waals surface area contributed by atoms with Gasteiger partial charge in [0, 0.05) is 41.4 Å². The fraction of sp³-hybridized carbons (Fsp3) is 0.366. The van der Waals surface area contributed by atoms with Crippen LogP contribution in [0.15, 0.2) is 72.9 Å². The predicted octanol–water partition coefficient (Wildman–Crippen LogP) is 7.06. The molecule has 1 fully saturated rings. The molecular weight excluding hydrogens is 632 g/mol. The molecule has 8 rings (SSSR count). The van der Waals surface area contributed by atoms with Gasteiger partial charge in [0.25, 0.3) is 0 Å². The molecular formula is C41H44N2O7. The fourth-order valence-electron chi connectivity index (χ4n) is 8.24. The van der Waals surface area contributed by atoms with E-state index in [4.69, 9.17) is 18.9 Å². The third-order valence-corrected chi connectivity index (χ3v) is 10.7. The summed E-state index contributed by atoms with van der Waals surface area (Å²) in [4.78, 5) is 3.29. The maximum Gasteiger partial charge on any atom is 0.160 e. The molecule has 9 nitrogen and oxygen atoms in total. The number of aliphatic hydroxyl groups excluding tert-OH is 1. The van der Waals surface area contributed by atoms with Crippen molar-refractivity contribution in [2.75, 3.05) is 27.1 Å². The van der Waals surface area contributed by atoms with Gasteiger partial charge < -0.3 is 39.3 Å². The summed E-state index contributed by atoms with van der Waals surface area (Å²) < 4.78 is 25.3. The Morgan fingerprint density at radius 3 is 2.64 bits per heavy atom. The maximum atomic E-state index is 10.7. The number of nitrogens with one attached hydrogen (secondary N) is 2. The van der Waals surface area contributed by atoms with Gasteiger partial charge in [-0.05, 0) is 107 Å². The number of phenols is 2. The van der Waals surface area contributed by atoms with Gasteiger partial charge in [-0.3, -0.25) is 5.32 Å². The van der Waals surface area contributed by atoms with E-state index >= 15 is 0 Å².